The number of aromatic amines is 1. The Balaban J connectivity index is 0.000000858. The normalized spacial score (nSPS) is 21.8. The first kappa shape index (κ1) is 22.7. The zero-order chi connectivity index (χ0) is 22.4. The number of likely N-dealkylation sites (N-methyl/N-ethyl adjacent to an activating group) is 1. The van der Waals surface area contributed by atoms with Gasteiger partial charge in [0.15, 0.2) is 5.69 Å². The van der Waals surface area contributed by atoms with E-state index in [1.165, 1.54) is 0 Å². The van der Waals surface area contributed by atoms with Crippen LogP contribution in [0.2, 0.25) is 0 Å². The van der Waals surface area contributed by atoms with Crippen LogP contribution in [-0.4, -0.2) is 82.2 Å². The molecule has 31 heavy (non-hydrogen) atoms. The van der Waals surface area contributed by atoms with Gasteiger partial charge in [0.1, 0.15) is 0 Å². The fourth-order valence-corrected chi connectivity index (χ4v) is 4.57. The van der Waals surface area contributed by atoms with Crippen molar-refractivity contribution in [1.82, 2.24) is 25.3 Å². The van der Waals surface area contributed by atoms with E-state index in [0.29, 0.717) is 31.1 Å². The molecule has 3 aliphatic rings. The first-order valence-electron chi connectivity index (χ1n) is 10.9. The van der Waals surface area contributed by atoms with E-state index in [2.05, 4.69) is 20.4 Å². The Morgan fingerprint density at radius 3 is 2.55 bits per heavy atom. The highest BCUT2D eigenvalue weighted by Crippen LogP contribution is 2.28. The first-order chi connectivity index (χ1) is 15.0. The van der Waals surface area contributed by atoms with Crippen LogP contribution < -0.4 is 5.32 Å². The molecule has 3 aliphatic heterocycles. The molecule has 2 bridgehead atoms. The van der Waals surface area contributed by atoms with Gasteiger partial charge in [-0.05, 0) is 63.4 Å². The van der Waals surface area contributed by atoms with Crippen molar-refractivity contribution >= 4 is 29.2 Å². The van der Waals surface area contributed by atoms with Crippen molar-refractivity contribution in [2.45, 2.75) is 39.2 Å². The molecule has 0 aliphatic carbocycles. The molecule has 9 nitrogen and oxygen atoms in total. The minimum atomic E-state index is -0.250. The molecule has 9 heteroatoms. The maximum atomic E-state index is 12.9. The molecule has 0 radical (unpaired) electrons. The van der Waals surface area contributed by atoms with Gasteiger partial charge in [-0.25, -0.2) is 0 Å². The minimum absolute atomic E-state index is 0.103. The summed E-state index contributed by atoms with van der Waals surface area (Å²) in [5, 5.41) is 18.1. The molecular weight excluding hydrogens is 398 g/mol. The highest BCUT2D eigenvalue weighted by molar-refractivity contribution is 6.05. The van der Waals surface area contributed by atoms with E-state index < -0.39 is 0 Å². The van der Waals surface area contributed by atoms with Crippen molar-refractivity contribution in [2.75, 3.05) is 32.7 Å². The Hall–Kier alpha value is -2.94. The number of amides is 2. The van der Waals surface area contributed by atoms with Crippen LogP contribution >= 0.6 is 0 Å². The number of carbonyl (C=O) groups excluding carboxylic acids is 2. The molecule has 0 unspecified atom stereocenters. The van der Waals surface area contributed by atoms with Crippen molar-refractivity contribution < 1.29 is 19.5 Å². The van der Waals surface area contributed by atoms with Gasteiger partial charge in [-0.3, -0.25) is 19.5 Å². The summed E-state index contributed by atoms with van der Waals surface area (Å²) < 4.78 is 0. The molecular formula is C22H31N5O4. The summed E-state index contributed by atoms with van der Waals surface area (Å²) in [6.45, 7) is 8.35. The van der Waals surface area contributed by atoms with E-state index in [4.69, 9.17) is 9.90 Å². The van der Waals surface area contributed by atoms with Crippen LogP contribution in [0.3, 0.4) is 0 Å². The fraction of sp³-hybridized carbons (Fsp3) is 0.545. The van der Waals surface area contributed by atoms with Gasteiger partial charge in [-0.1, -0.05) is 6.07 Å². The molecule has 3 N–H and O–H groups in total. The second-order valence-corrected chi connectivity index (χ2v) is 8.02. The smallest absolute Gasteiger partial charge is 0.290 e. The van der Waals surface area contributed by atoms with Crippen LogP contribution in [0.1, 0.15) is 42.7 Å². The molecule has 0 saturated carbocycles. The molecule has 3 saturated heterocycles. The quantitative estimate of drug-likeness (QED) is 0.599. The van der Waals surface area contributed by atoms with Gasteiger partial charge in [0.25, 0.3) is 12.4 Å². The number of H-pyrrole nitrogens is 1. The predicted octanol–water partition coefficient (Wildman–Crippen LogP) is 1.50. The average molecular weight is 430 g/mol. The van der Waals surface area contributed by atoms with Gasteiger partial charge in [0.2, 0.25) is 5.91 Å². The highest BCUT2D eigenvalue weighted by Gasteiger charge is 2.35. The van der Waals surface area contributed by atoms with Crippen LogP contribution in [0.25, 0.3) is 10.9 Å². The zero-order valence-electron chi connectivity index (χ0n) is 18.1. The third kappa shape index (κ3) is 5.22. The summed E-state index contributed by atoms with van der Waals surface area (Å²) in [7, 11) is 0. The van der Waals surface area contributed by atoms with Gasteiger partial charge in [-0.2, -0.15) is 5.10 Å². The first-order valence-corrected chi connectivity index (χ1v) is 10.9. The van der Waals surface area contributed by atoms with E-state index >= 15 is 0 Å². The number of benzene rings is 1. The second-order valence-electron chi connectivity index (χ2n) is 8.02. The summed E-state index contributed by atoms with van der Waals surface area (Å²) in [5.41, 5.74) is 2.14. The lowest BCUT2D eigenvalue weighted by Gasteiger charge is -2.44. The number of hydrogen-bond donors (Lipinski definition) is 3. The summed E-state index contributed by atoms with van der Waals surface area (Å²) in [5.74, 6) is 0.546. The summed E-state index contributed by atoms with van der Waals surface area (Å²) in [6.07, 6.45) is 2.65. The zero-order valence-corrected chi connectivity index (χ0v) is 18.1. The lowest BCUT2D eigenvalue weighted by molar-refractivity contribution is -0.130. The number of nitrogens with one attached hydrogen (secondary N) is 2. The lowest BCUT2D eigenvalue weighted by atomic mass is 9.84. The molecule has 1 aromatic heterocycles. The van der Waals surface area contributed by atoms with Crippen molar-refractivity contribution in [3.8, 4) is 0 Å². The lowest BCUT2D eigenvalue weighted by Crippen LogP contribution is -2.57. The van der Waals surface area contributed by atoms with Gasteiger partial charge in [0.05, 0.1) is 11.9 Å². The van der Waals surface area contributed by atoms with Crippen LogP contribution in [0.5, 0.6) is 0 Å². The molecule has 1 atom stereocenters. The molecule has 1 aromatic carbocycles. The van der Waals surface area contributed by atoms with E-state index in [-0.39, 0.29) is 24.3 Å². The molecule has 3 fully saturated rings. The van der Waals surface area contributed by atoms with Crippen molar-refractivity contribution in [1.29, 1.82) is 0 Å². The SMILES string of the molecule is CCN(CC)C(=O)Cc1ccc2[nH]nc(C(=O)N[C@@H]3CN4CCC3CC4)c2c1.O=CO. The summed E-state index contributed by atoms with van der Waals surface area (Å²) in [6, 6.07) is 5.95. The molecule has 168 valence electrons. The Labute approximate surface area is 181 Å². The molecule has 2 amide bonds. The van der Waals surface area contributed by atoms with Crippen LogP contribution in [-0.2, 0) is 16.0 Å². The molecule has 0 spiro atoms. The van der Waals surface area contributed by atoms with Crippen LogP contribution in [0, 0.1) is 5.92 Å². The standard InChI is InChI=1S/C21H29N5O2.CH2O2/c1-3-26(4-2)19(27)12-14-5-6-17-16(11-14)20(24-23-17)21(28)22-18-13-25-9-7-15(18)8-10-25;2-1-3/h5-6,11,15,18H,3-4,7-10,12-13H2,1-2H3,(H,22,28)(H,23,24);1H,(H,2,3)/t18-;/m1./s1. The number of aromatic nitrogens is 2. The second kappa shape index (κ2) is 10.4. The maximum absolute atomic E-state index is 12.9. The van der Waals surface area contributed by atoms with Gasteiger partial charge in [-0.15, -0.1) is 0 Å². The topological polar surface area (TPSA) is 119 Å². The van der Waals surface area contributed by atoms with E-state index in [1.807, 2.05) is 36.9 Å². The van der Waals surface area contributed by atoms with E-state index in [1.54, 1.807) is 0 Å². The molecule has 4 heterocycles. The third-order valence-electron chi connectivity index (χ3n) is 6.29. The summed E-state index contributed by atoms with van der Waals surface area (Å²) in [4.78, 5) is 37.9. The maximum Gasteiger partial charge on any atom is 0.290 e. The Morgan fingerprint density at radius 1 is 1.29 bits per heavy atom. The Bertz CT molecular complexity index is 916. The van der Waals surface area contributed by atoms with Crippen molar-refractivity contribution in [3.05, 3.63) is 29.5 Å². The van der Waals surface area contributed by atoms with Gasteiger partial charge < -0.3 is 20.2 Å². The number of fused-ring (bicyclic) bond motifs is 4. The van der Waals surface area contributed by atoms with E-state index in [0.717, 1.165) is 48.9 Å². The van der Waals surface area contributed by atoms with Crippen molar-refractivity contribution in [3.63, 3.8) is 0 Å². The molecule has 5 rings (SSSR count). The number of nitrogens with zero attached hydrogens (tertiary/aromatic N) is 3. The van der Waals surface area contributed by atoms with Gasteiger partial charge in [0, 0.05) is 31.1 Å². The third-order valence-corrected chi connectivity index (χ3v) is 6.29. The highest BCUT2D eigenvalue weighted by atomic mass is 16.3. The van der Waals surface area contributed by atoms with Crippen molar-refractivity contribution in [2.24, 2.45) is 5.92 Å². The molecule has 2 aromatic rings. The fourth-order valence-electron chi connectivity index (χ4n) is 4.57. The number of hydrogen-bond acceptors (Lipinski definition) is 5. The predicted molar refractivity (Wildman–Crippen MR) is 117 cm³/mol. The Morgan fingerprint density at radius 2 is 1.97 bits per heavy atom. The number of rotatable bonds is 6. The van der Waals surface area contributed by atoms with Gasteiger partial charge >= 0.3 is 0 Å². The van der Waals surface area contributed by atoms with Crippen LogP contribution in [0.4, 0.5) is 0 Å². The Kier molecular flexibility index (Phi) is 7.62. The van der Waals surface area contributed by atoms with E-state index in [9.17, 15) is 9.59 Å². The largest absolute Gasteiger partial charge is 0.483 e. The monoisotopic (exact) mass is 429 g/mol. The minimum Gasteiger partial charge on any atom is -0.483 e. The average Bonchev–Trinajstić information content (AvgIpc) is 3.19. The van der Waals surface area contributed by atoms with Crippen LogP contribution in [0.15, 0.2) is 18.2 Å². The number of carboxylic acid groups (broad SMARTS) is 1. The summed E-state index contributed by atoms with van der Waals surface area (Å²) >= 11 is 0. The number of carbonyl (C=O) groups is 3. The number of piperidine rings is 3.